The quantitative estimate of drug-likeness (QED) is 0.156. The van der Waals surface area contributed by atoms with Crippen molar-refractivity contribution in [3.05, 3.63) is 217 Å². The van der Waals surface area contributed by atoms with Crippen molar-refractivity contribution in [2.24, 2.45) is 0 Å². The number of allylic oxidation sites excluding steroid dienone is 3. The van der Waals surface area contributed by atoms with Crippen LogP contribution in [0.5, 0.6) is 0 Å². The number of fused-ring (bicyclic) bond motifs is 6. The molecule has 12 rings (SSSR count). The van der Waals surface area contributed by atoms with Gasteiger partial charge in [0.2, 0.25) is 0 Å². The van der Waals surface area contributed by atoms with E-state index in [0.717, 1.165) is 96.3 Å². The summed E-state index contributed by atoms with van der Waals surface area (Å²) in [5, 5.41) is 21.7. The minimum Gasteiger partial charge on any atom is -0.308 e. The molecule has 11 aromatic rings. The highest BCUT2D eigenvalue weighted by Crippen LogP contribution is 2.39. The molecule has 5 heterocycles. The maximum Gasteiger partial charge on any atom is 0.164 e. The summed E-state index contributed by atoms with van der Waals surface area (Å²) < 4.78 is 4.54. The molecule has 0 saturated carbocycles. The predicted molar refractivity (Wildman–Crippen MR) is 270 cm³/mol. The Balaban J connectivity index is 0.939. The van der Waals surface area contributed by atoms with E-state index in [4.69, 9.17) is 19.9 Å². The zero-order valence-corrected chi connectivity index (χ0v) is 36.5. The van der Waals surface area contributed by atoms with Crippen LogP contribution in [0.15, 0.2) is 195 Å². The highest BCUT2D eigenvalue weighted by molar-refractivity contribution is 6.08. The van der Waals surface area contributed by atoms with Gasteiger partial charge in [0.1, 0.15) is 0 Å². The summed E-state index contributed by atoms with van der Waals surface area (Å²) in [7, 11) is 0. The Kier molecular flexibility index (Phi) is 9.86. The van der Waals surface area contributed by atoms with Gasteiger partial charge in [-0.1, -0.05) is 97.1 Å². The fourth-order valence-corrected chi connectivity index (χ4v) is 9.47. The van der Waals surface area contributed by atoms with Crippen LogP contribution in [-0.2, 0) is 6.42 Å². The minimum atomic E-state index is 0.435. The normalized spacial score (nSPS) is 12.1. The lowest BCUT2D eigenvalue weighted by Gasteiger charge is -2.12. The molecule has 5 aromatic heterocycles. The summed E-state index contributed by atoms with van der Waals surface area (Å²) in [6.07, 6.45) is 15.9. The van der Waals surface area contributed by atoms with E-state index < -0.39 is 0 Å². The standard InChI is InChI=1S/C59H37N9/c60-34-38-19-26-48(44(30-38)35-61)45-31-47(37-62-36-45)68-52-17-10-2-1-9-16-49(52)50-32-42(22-27-53(50)68)43-23-28-54-51(33-43)56-55(18-11-29-63-56)67(54)46-24-20-41(21-25-46)59-65-57(39-12-5-3-6-13-39)64-58(66-59)40-14-7-4-8-15-40/h1-8,10-15,17-33,36-37H,9,16H2. The molecule has 1 aliphatic carbocycles. The molecule has 0 atom stereocenters. The van der Waals surface area contributed by atoms with Crippen molar-refractivity contribution in [1.29, 1.82) is 10.5 Å². The van der Waals surface area contributed by atoms with Crippen LogP contribution in [0.2, 0.25) is 0 Å². The van der Waals surface area contributed by atoms with E-state index in [9.17, 15) is 10.5 Å². The molecule has 0 saturated heterocycles. The van der Waals surface area contributed by atoms with Crippen LogP contribution in [-0.4, -0.2) is 34.1 Å². The molecule has 68 heavy (non-hydrogen) atoms. The van der Waals surface area contributed by atoms with E-state index in [-0.39, 0.29) is 0 Å². The Hall–Kier alpha value is -9.57. The van der Waals surface area contributed by atoms with Crippen LogP contribution in [0.1, 0.15) is 28.8 Å². The van der Waals surface area contributed by atoms with E-state index in [1.54, 1.807) is 18.3 Å². The smallest absolute Gasteiger partial charge is 0.164 e. The summed E-state index contributed by atoms with van der Waals surface area (Å²) in [5.41, 5.74) is 15.7. The number of aryl methyl sites for hydroxylation is 1. The number of benzene rings is 6. The molecule has 0 bridgehead atoms. The van der Waals surface area contributed by atoms with Crippen LogP contribution < -0.4 is 0 Å². The maximum absolute atomic E-state index is 10.00. The number of rotatable bonds is 7. The SMILES string of the molecule is N#Cc1ccc(-c2cncc(-n3c4c(c5cc(-c6ccc7c(c6)c6ncccc6n7-c6ccc(-c7nc(-c8ccccc8)nc(-c8ccccc8)n7)cc6)ccc53)CCC=CC=C4)c2)c(C#N)c1. The second-order valence-electron chi connectivity index (χ2n) is 16.7. The first-order chi connectivity index (χ1) is 33.6. The van der Waals surface area contributed by atoms with Crippen molar-refractivity contribution < 1.29 is 0 Å². The summed E-state index contributed by atoms with van der Waals surface area (Å²) >= 11 is 0. The number of hydrogen-bond acceptors (Lipinski definition) is 7. The summed E-state index contributed by atoms with van der Waals surface area (Å²) in [5.74, 6) is 1.85. The molecule has 0 fully saturated rings. The molecule has 0 amide bonds. The molecule has 9 nitrogen and oxygen atoms in total. The van der Waals surface area contributed by atoms with E-state index in [2.05, 4.69) is 123 Å². The fraction of sp³-hybridized carbons (Fsp3) is 0.0339. The Labute approximate surface area is 391 Å². The number of pyridine rings is 2. The molecule has 0 aliphatic heterocycles. The van der Waals surface area contributed by atoms with Crippen LogP contribution in [0.3, 0.4) is 0 Å². The zero-order chi connectivity index (χ0) is 45.6. The van der Waals surface area contributed by atoms with Gasteiger partial charge in [-0.2, -0.15) is 10.5 Å². The van der Waals surface area contributed by atoms with Crippen LogP contribution in [0, 0.1) is 22.7 Å². The Bertz CT molecular complexity index is 3870. The average Bonchev–Trinajstić information content (AvgIpc) is 3.89. The van der Waals surface area contributed by atoms with Gasteiger partial charge in [0.25, 0.3) is 0 Å². The van der Waals surface area contributed by atoms with E-state index >= 15 is 0 Å². The first-order valence-corrected chi connectivity index (χ1v) is 22.4. The molecular weight excluding hydrogens is 835 g/mol. The van der Waals surface area contributed by atoms with Gasteiger partial charge in [0.05, 0.1) is 62.9 Å². The lowest BCUT2D eigenvalue weighted by atomic mass is 9.98. The molecule has 0 spiro atoms. The molecule has 0 radical (unpaired) electrons. The summed E-state index contributed by atoms with van der Waals surface area (Å²) in [4.78, 5) is 24.4. The van der Waals surface area contributed by atoms with Gasteiger partial charge in [-0.05, 0) is 114 Å². The van der Waals surface area contributed by atoms with E-state index in [1.165, 1.54) is 10.9 Å². The fourth-order valence-electron chi connectivity index (χ4n) is 9.47. The summed E-state index contributed by atoms with van der Waals surface area (Å²) in [6.45, 7) is 0. The van der Waals surface area contributed by atoms with Crippen molar-refractivity contribution in [2.45, 2.75) is 12.8 Å². The number of aromatic nitrogens is 7. The van der Waals surface area contributed by atoms with Crippen molar-refractivity contribution in [1.82, 2.24) is 34.1 Å². The Morgan fingerprint density at radius 2 is 1.16 bits per heavy atom. The third-order valence-corrected chi connectivity index (χ3v) is 12.7. The van der Waals surface area contributed by atoms with Gasteiger partial charge >= 0.3 is 0 Å². The number of nitriles is 2. The maximum atomic E-state index is 10.00. The number of nitrogens with zero attached hydrogens (tertiary/aromatic N) is 9. The van der Waals surface area contributed by atoms with Crippen LogP contribution in [0.4, 0.5) is 0 Å². The molecule has 0 N–H and O–H groups in total. The lowest BCUT2D eigenvalue weighted by Crippen LogP contribution is -2.00. The van der Waals surface area contributed by atoms with Gasteiger partial charge in [0, 0.05) is 56.7 Å². The molecular formula is C59H37N9. The van der Waals surface area contributed by atoms with Crippen molar-refractivity contribution in [2.75, 3.05) is 0 Å². The largest absolute Gasteiger partial charge is 0.308 e. The second kappa shape index (κ2) is 16.8. The zero-order valence-electron chi connectivity index (χ0n) is 36.5. The minimum absolute atomic E-state index is 0.435. The van der Waals surface area contributed by atoms with Gasteiger partial charge < -0.3 is 9.13 Å². The van der Waals surface area contributed by atoms with Gasteiger partial charge in [-0.15, -0.1) is 0 Å². The highest BCUT2D eigenvalue weighted by Gasteiger charge is 2.21. The molecule has 318 valence electrons. The molecule has 9 heteroatoms. The monoisotopic (exact) mass is 871 g/mol. The van der Waals surface area contributed by atoms with Crippen molar-refractivity contribution >= 4 is 38.9 Å². The first kappa shape index (κ1) is 40.0. The van der Waals surface area contributed by atoms with E-state index in [1.807, 2.05) is 85.2 Å². The topological polar surface area (TPSA) is 122 Å². The average molecular weight is 872 g/mol. The molecule has 0 unspecified atom stereocenters. The summed E-state index contributed by atoms with van der Waals surface area (Å²) in [6, 6.07) is 57.6. The van der Waals surface area contributed by atoms with Gasteiger partial charge in [0.15, 0.2) is 17.5 Å². The van der Waals surface area contributed by atoms with Gasteiger partial charge in [-0.25, -0.2) is 15.0 Å². The predicted octanol–water partition coefficient (Wildman–Crippen LogP) is 13.3. The second-order valence-corrected chi connectivity index (χ2v) is 16.7. The van der Waals surface area contributed by atoms with Crippen molar-refractivity contribution in [3.63, 3.8) is 0 Å². The third-order valence-electron chi connectivity index (χ3n) is 12.7. The van der Waals surface area contributed by atoms with Gasteiger partial charge in [-0.3, -0.25) is 9.97 Å². The van der Waals surface area contributed by atoms with Crippen molar-refractivity contribution in [3.8, 4) is 79.9 Å². The Morgan fingerprint density at radius 1 is 0.500 bits per heavy atom. The van der Waals surface area contributed by atoms with Crippen LogP contribution in [0.25, 0.3) is 107 Å². The highest BCUT2D eigenvalue weighted by atomic mass is 15.0. The Morgan fingerprint density at radius 3 is 1.85 bits per heavy atom. The third kappa shape index (κ3) is 7.00. The molecule has 6 aromatic carbocycles. The first-order valence-electron chi connectivity index (χ1n) is 22.4. The lowest BCUT2D eigenvalue weighted by molar-refractivity contribution is 0.981. The van der Waals surface area contributed by atoms with E-state index in [0.29, 0.717) is 28.6 Å². The molecule has 1 aliphatic rings. The number of hydrogen-bond donors (Lipinski definition) is 0. The van der Waals surface area contributed by atoms with Crippen LogP contribution >= 0.6 is 0 Å².